The molecule has 3 heteroatoms. The summed E-state index contributed by atoms with van der Waals surface area (Å²) in [5.41, 5.74) is 1.25. The van der Waals surface area contributed by atoms with Crippen molar-refractivity contribution in [1.82, 2.24) is 5.32 Å². The van der Waals surface area contributed by atoms with E-state index in [-0.39, 0.29) is 0 Å². The molecule has 0 aromatic heterocycles. The molecule has 14 heavy (non-hydrogen) atoms. The predicted octanol–water partition coefficient (Wildman–Crippen LogP) is 2.61. The van der Waals surface area contributed by atoms with Crippen LogP contribution in [-0.2, 0) is 6.42 Å². The number of aryl methyl sites for hydroxylation is 1. The van der Waals surface area contributed by atoms with Crippen LogP contribution in [0.3, 0.4) is 0 Å². The highest BCUT2D eigenvalue weighted by atomic mass is 79.9. The molecule has 0 atom stereocenters. The molecule has 78 valence electrons. The second kappa shape index (κ2) is 6.04. The molecule has 1 rings (SSSR count). The summed E-state index contributed by atoms with van der Waals surface area (Å²) in [5, 5.41) is 3.05. The van der Waals surface area contributed by atoms with Crippen LogP contribution in [0.25, 0.3) is 0 Å². The Balaban J connectivity index is 2.65. The van der Waals surface area contributed by atoms with Gasteiger partial charge in [0.15, 0.2) is 0 Å². The molecule has 1 aromatic carbocycles. The van der Waals surface area contributed by atoms with Crippen molar-refractivity contribution in [2.75, 3.05) is 20.2 Å². The second-order valence-corrected chi connectivity index (χ2v) is 3.97. The number of ether oxygens (including phenoxy) is 1. The van der Waals surface area contributed by atoms with Crippen molar-refractivity contribution in [2.45, 2.75) is 13.3 Å². The van der Waals surface area contributed by atoms with Gasteiger partial charge < -0.3 is 10.1 Å². The fraction of sp³-hybridized carbons (Fsp3) is 0.455. The molecule has 0 aliphatic rings. The van der Waals surface area contributed by atoms with Gasteiger partial charge in [-0.1, -0.05) is 22.9 Å². The maximum Gasteiger partial charge on any atom is 0.122 e. The minimum absolute atomic E-state index is 0.713. The summed E-state index contributed by atoms with van der Waals surface area (Å²) in [7, 11) is 1.92. The van der Waals surface area contributed by atoms with Gasteiger partial charge in [-0.25, -0.2) is 0 Å². The van der Waals surface area contributed by atoms with E-state index < -0.39 is 0 Å². The van der Waals surface area contributed by atoms with Crippen LogP contribution in [0.2, 0.25) is 0 Å². The van der Waals surface area contributed by atoms with Crippen molar-refractivity contribution >= 4 is 15.9 Å². The second-order valence-electron chi connectivity index (χ2n) is 3.06. The van der Waals surface area contributed by atoms with Crippen molar-refractivity contribution in [1.29, 1.82) is 0 Å². The Bertz CT molecular complexity index is 289. The smallest absolute Gasteiger partial charge is 0.122 e. The van der Waals surface area contributed by atoms with Crippen molar-refractivity contribution < 1.29 is 4.74 Å². The Morgan fingerprint density at radius 2 is 2.21 bits per heavy atom. The fourth-order valence-corrected chi connectivity index (χ4v) is 1.64. The van der Waals surface area contributed by atoms with E-state index in [0.717, 1.165) is 23.2 Å². The fourth-order valence-electron chi connectivity index (χ4n) is 1.23. The quantitative estimate of drug-likeness (QED) is 0.820. The average molecular weight is 258 g/mol. The van der Waals surface area contributed by atoms with Crippen LogP contribution in [0.15, 0.2) is 22.7 Å². The van der Waals surface area contributed by atoms with Crippen molar-refractivity contribution in [3.63, 3.8) is 0 Å². The van der Waals surface area contributed by atoms with Crippen LogP contribution in [-0.4, -0.2) is 20.2 Å². The molecule has 0 bridgehead atoms. The Kier molecular flexibility index (Phi) is 4.98. The normalized spacial score (nSPS) is 10.2. The van der Waals surface area contributed by atoms with Gasteiger partial charge in [-0.15, -0.1) is 0 Å². The average Bonchev–Trinajstić information content (AvgIpc) is 2.20. The van der Waals surface area contributed by atoms with E-state index in [4.69, 9.17) is 4.74 Å². The van der Waals surface area contributed by atoms with Crippen molar-refractivity contribution in [3.05, 3.63) is 28.2 Å². The first-order chi connectivity index (χ1) is 6.77. The maximum absolute atomic E-state index is 5.64. The third-order valence-electron chi connectivity index (χ3n) is 2.01. The number of likely N-dealkylation sites (N-methyl/N-ethyl adjacent to an activating group) is 1. The first-order valence-electron chi connectivity index (χ1n) is 4.83. The number of hydrogen-bond acceptors (Lipinski definition) is 2. The molecule has 0 radical (unpaired) electrons. The molecule has 0 saturated heterocycles. The topological polar surface area (TPSA) is 21.3 Å². The van der Waals surface area contributed by atoms with E-state index in [0.29, 0.717) is 6.61 Å². The van der Waals surface area contributed by atoms with Gasteiger partial charge in [-0.2, -0.15) is 0 Å². The Morgan fingerprint density at radius 3 is 2.86 bits per heavy atom. The molecule has 0 aliphatic heterocycles. The van der Waals surface area contributed by atoms with Crippen LogP contribution >= 0.6 is 15.9 Å². The third kappa shape index (κ3) is 3.31. The van der Waals surface area contributed by atoms with Gasteiger partial charge in [0.1, 0.15) is 12.4 Å². The molecular formula is C11H16BrNO. The number of rotatable bonds is 5. The number of halogens is 1. The monoisotopic (exact) mass is 257 g/mol. The molecule has 0 spiro atoms. The van der Waals surface area contributed by atoms with E-state index in [1.165, 1.54) is 5.56 Å². The molecule has 0 fully saturated rings. The van der Waals surface area contributed by atoms with E-state index in [1.54, 1.807) is 0 Å². The van der Waals surface area contributed by atoms with E-state index >= 15 is 0 Å². The highest BCUT2D eigenvalue weighted by Gasteiger charge is 2.01. The van der Waals surface area contributed by atoms with Gasteiger partial charge in [-0.3, -0.25) is 0 Å². The Morgan fingerprint density at radius 1 is 1.43 bits per heavy atom. The zero-order chi connectivity index (χ0) is 10.4. The highest BCUT2D eigenvalue weighted by Crippen LogP contribution is 2.23. The summed E-state index contributed by atoms with van der Waals surface area (Å²) in [5.74, 6) is 0.992. The first-order valence-corrected chi connectivity index (χ1v) is 5.63. The lowest BCUT2D eigenvalue weighted by Crippen LogP contribution is -2.16. The van der Waals surface area contributed by atoms with Crippen molar-refractivity contribution in [2.24, 2.45) is 0 Å². The highest BCUT2D eigenvalue weighted by molar-refractivity contribution is 9.10. The van der Waals surface area contributed by atoms with E-state index in [1.807, 2.05) is 19.2 Å². The van der Waals surface area contributed by atoms with Crippen LogP contribution in [0.4, 0.5) is 0 Å². The largest absolute Gasteiger partial charge is 0.492 e. The van der Waals surface area contributed by atoms with Gasteiger partial charge in [0, 0.05) is 11.0 Å². The molecule has 0 heterocycles. The number of benzene rings is 1. The van der Waals surface area contributed by atoms with Gasteiger partial charge >= 0.3 is 0 Å². The lowest BCUT2D eigenvalue weighted by molar-refractivity contribution is 0.315. The lowest BCUT2D eigenvalue weighted by Gasteiger charge is -2.10. The summed E-state index contributed by atoms with van der Waals surface area (Å²) in [6, 6.07) is 6.13. The summed E-state index contributed by atoms with van der Waals surface area (Å²) in [4.78, 5) is 0. The minimum atomic E-state index is 0.713. The number of nitrogens with one attached hydrogen (secondary N) is 1. The van der Waals surface area contributed by atoms with E-state index in [2.05, 4.69) is 34.2 Å². The van der Waals surface area contributed by atoms with Crippen LogP contribution in [0, 0.1) is 0 Å². The van der Waals surface area contributed by atoms with Gasteiger partial charge in [-0.05, 0) is 37.2 Å². The standard InChI is InChI=1S/C11H16BrNO/c1-3-9-8-10(12)4-5-11(9)14-7-6-13-2/h4-5,8,13H,3,6-7H2,1-2H3. The molecule has 1 aromatic rings. The first kappa shape index (κ1) is 11.5. The van der Waals surface area contributed by atoms with Crippen LogP contribution < -0.4 is 10.1 Å². The van der Waals surface area contributed by atoms with Crippen molar-refractivity contribution in [3.8, 4) is 5.75 Å². The predicted molar refractivity (Wildman–Crippen MR) is 62.9 cm³/mol. The lowest BCUT2D eigenvalue weighted by atomic mass is 10.1. The molecular weight excluding hydrogens is 242 g/mol. The molecule has 2 nitrogen and oxygen atoms in total. The number of hydrogen-bond donors (Lipinski definition) is 1. The van der Waals surface area contributed by atoms with Crippen LogP contribution in [0.5, 0.6) is 5.75 Å². The molecule has 0 amide bonds. The van der Waals surface area contributed by atoms with Gasteiger partial charge in [0.25, 0.3) is 0 Å². The van der Waals surface area contributed by atoms with Crippen LogP contribution in [0.1, 0.15) is 12.5 Å². The maximum atomic E-state index is 5.64. The third-order valence-corrected chi connectivity index (χ3v) is 2.51. The molecule has 0 aliphatic carbocycles. The molecule has 0 unspecified atom stereocenters. The molecule has 0 saturated carbocycles. The van der Waals surface area contributed by atoms with Gasteiger partial charge in [0.05, 0.1) is 0 Å². The minimum Gasteiger partial charge on any atom is -0.492 e. The molecule has 1 N–H and O–H groups in total. The van der Waals surface area contributed by atoms with Gasteiger partial charge in [0.2, 0.25) is 0 Å². The zero-order valence-electron chi connectivity index (χ0n) is 8.64. The zero-order valence-corrected chi connectivity index (χ0v) is 10.2. The summed E-state index contributed by atoms with van der Waals surface area (Å²) in [6.45, 7) is 3.72. The SMILES string of the molecule is CCc1cc(Br)ccc1OCCNC. The van der Waals surface area contributed by atoms with E-state index in [9.17, 15) is 0 Å². The Labute approximate surface area is 93.8 Å². The summed E-state index contributed by atoms with van der Waals surface area (Å²) < 4.78 is 6.75. The Hall–Kier alpha value is -0.540. The summed E-state index contributed by atoms with van der Waals surface area (Å²) >= 11 is 3.45. The summed E-state index contributed by atoms with van der Waals surface area (Å²) in [6.07, 6.45) is 0.994.